The van der Waals surface area contributed by atoms with Gasteiger partial charge in [-0.3, -0.25) is 4.57 Å². The molecule has 6 heteroatoms. The fourth-order valence-corrected chi connectivity index (χ4v) is 1.18. The Bertz CT molecular complexity index is 189. The van der Waals surface area contributed by atoms with Crippen molar-refractivity contribution in [1.29, 1.82) is 0 Å². The summed E-state index contributed by atoms with van der Waals surface area (Å²) in [6.07, 6.45) is 0.349. The molecule has 0 aliphatic carbocycles. The highest BCUT2D eigenvalue weighted by Crippen LogP contribution is 2.34. The van der Waals surface area contributed by atoms with Crippen LogP contribution < -0.4 is 10.6 Å². The number of rotatable bonds is 6. The summed E-state index contributed by atoms with van der Waals surface area (Å²) < 4.78 is 10.4. The molecule has 72 valence electrons. The summed E-state index contributed by atoms with van der Waals surface area (Å²) in [4.78, 5) is 17.0. The van der Waals surface area contributed by atoms with Crippen LogP contribution in [0.25, 0.3) is 0 Å². The second-order valence-electron chi connectivity index (χ2n) is 2.40. The summed E-state index contributed by atoms with van der Waals surface area (Å²) >= 11 is 0. The molecule has 0 radical (unpaired) electrons. The molecule has 12 heavy (non-hydrogen) atoms. The fraction of sp³-hybridized carbons (Fsp3) is 0.667. The average Bonchev–Trinajstić information content (AvgIpc) is 1.96. The zero-order chi connectivity index (χ0) is 9.61. The van der Waals surface area contributed by atoms with E-state index >= 15 is 0 Å². The van der Waals surface area contributed by atoms with Crippen molar-refractivity contribution in [2.24, 2.45) is 0 Å². The Kier molecular flexibility index (Phi) is 4.97. The number of hydrogen-bond acceptors (Lipinski definition) is 3. The van der Waals surface area contributed by atoms with Gasteiger partial charge < -0.3 is 20.4 Å². The van der Waals surface area contributed by atoms with Crippen LogP contribution in [0.15, 0.2) is 12.4 Å². The van der Waals surface area contributed by atoms with E-state index in [1.807, 2.05) is 0 Å². The van der Waals surface area contributed by atoms with Crippen LogP contribution in [0.1, 0.15) is 6.42 Å². The molecule has 0 fully saturated rings. The Morgan fingerprint density at radius 1 is 1.58 bits per heavy atom. The molecule has 0 aromatic rings. The topological polar surface area (TPSA) is 81.6 Å². The molecule has 0 aromatic carbocycles. The lowest BCUT2D eigenvalue weighted by Gasteiger charge is -2.08. The molecule has 0 saturated heterocycles. The van der Waals surface area contributed by atoms with Crippen molar-refractivity contribution >= 4 is 7.60 Å². The van der Waals surface area contributed by atoms with E-state index in [2.05, 4.69) is 17.2 Å². The normalized spacial score (nSPS) is 10.9. The van der Waals surface area contributed by atoms with Crippen LogP contribution in [0.5, 0.6) is 0 Å². The summed E-state index contributed by atoms with van der Waals surface area (Å²) in [5.74, 6) is 0.653. The van der Waals surface area contributed by atoms with E-state index in [4.69, 9.17) is 9.79 Å². The van der Waals surface area contributed by atoms with Crippen LogP contribution in [0.2, 0.25) is 0 Å². The van der Waals surface area contributed by atoms with Crippen molar-refractivity contribution in [2.45, 2.75) is 6.42 Å². The zero-order valence-corrected chi connectivity index (χ0v) is 7.97. The smallest absolute Gasteiger partial charge is 0.325 e. The van der Waals surface area contributed by atoms with Crippen molar-refractivity contribution in [3.8, 4) is 0 Å². The van der Waals surface area contributed by atoms with Gasteiger partial charge in [-0.1, -0.05) is 6.58 Å². The Hall–Kier alpha value is -0.510. The predicted octanol–water partition coefficient (Wildman–Crippen LogP) is -0.166. The molecule has 0 amide bonds. The first-order chi connectivity index (χ1) is 5.45. The van der Waals surface area contributed by atoms with Crippen molar-refractivity contribution in [1.82, 2.24) is 10.6 Å². The Morgan fingerprint density at radius 3 is 2.58 bits per heavy atom. The van der Waals surface area contributed by atoms with E-state index in [0.29, 0.717) is 18.8 Å². The van der Waals surface area contributed by atoms with Crippen LogP contribution in [0.4, 0.5) is 0 Å². The fourth-order valence-electron chi connectivity index (χ4n) is 0.613. The summed E-state index contributed by atoms with van der Waals surface area (Å²) in [5, 5.41) is 5.62. The average molecular weight is 194 g/mol. The Labute approximate surface area is 72.0 Å². The summed E-state index contributed by atoms with van der Waals surface area (Å²) in [7, 11) is -2.10. The lowest BCUT2D eigenvalue weighted by Crippen LogP contribution is -2.23. The Morgan fingerprint density at radius 2 is 2.17 bits per heavy atom. The predicted molar refractivity (Wildman–Crippen MR) is 47.7 cm³/mol. The van der Waals surface area contributed by atoms with Gasteiger partial charge >= 0.3 is 7.60 Å². The van der Waals surface area contributed by atoms with Gasteiger partial charge in [0, 0.05) is 13.6 Å². The number of hydrogen-bond donors (Lipinski definition) is 4. The van der Waals surface area contributed by atoms with Gasteiger partial charge in [0.25, 0.3) is 0 Å². The molecule has 0 aliphatic heterocycles. The van der Waals surface area contributed by atoms with Crippen molar-refractivity contribution < 1.29 is 14.4 Å². The monoisotopic (exact) mass is 194 g/mol. The lowest BCUT2D eigenvalue weighted by atomic mass is 10.5. The van der Waals surface area contributed by atoms with Crippen LogP contribution in [-0.2, 0) is 4.57 Å². The molecule has 0 rings (SSSR count). The SMILES string of the molecule is C=C(NC)NCCCP(=O)(O)O. The van der Waals surface area contributed by atoms with Crippen LogP contribution in [0.3, 0.4) is 0 Å². The molecular weight excluding hydrogens is 179 g/mol. The molecule has 0 unspecified atom stereocenters. The van der Waals surface area contributed by atoms with Gasteiger partial charge in [0.05, 0.1) is 12.0 Å². The summed E-state index contributed by atoms with van der Waals surface area (Å²) in [6, 6.07) is 0. The maximum Gasteiger partial charge on any atom is 0.325 e. The molecule has 0 spiro atoms. The molecule has 0 heterocycles. The highest BCUT2D eigenvalue weighted by Gasteiger charge is 2.10. The van der Waals surface area contributed by atoms with Gasteiger partial charge in [0.1, 0.15) is 0 Å². The van der Waals surface area contributed by atoms with Gasteiger partial charge in [-0.25, -0.2) is 0 Å². The molecule has 0 saturated carbocycles. The van der Waals surface area contributed by atoms with Crippen LogP contribution in [-0.4, -0.2) is 29.5 Å². The van der Waals surface area contributed by atoms with E-state index in [-0.39, 0.29) is 6.16 Å². The van der Waals surface area contributed by atoms with E-state index in [0.717, 1.165) is 0 Å². The van der Waals surface area contributed by atoms with Gasteiger partial charge in [0.15, 0.2) is 0 Å². The van der Waals surface area contributed by atoms with E-state index < -0.39 is 7.60 Å². The zero-order valence-electron chi connectivity index (χ0n) is 7.08. The molecule has 0 bridgehead atoms. The largest absolute Gasteiger partial charge is 0.375 e. The second-order valence-corrected chi connectivity index (χ2v) is 4.17. The molecule has 0 atom stereocenters. The van der Waals surface area contributed by atoms with Crippen LogP contribution in [0, 0.1) is 0 Å². The maximum atomic E-state index is 10.4. The lowest BCUT2D eigenvalue weighted by molar-refractivity contribution is 0.371. The molecule has 0 aliphatic rings. The second kappa shape index (κ2) is 5.19. The maximum absolute atomic E-state index is 10.4. The van der Waals surface area contributed by atoms with Crippen molar-refractivity contribution in [3.05, 3.63) is 12.4 Å². The van der Waals surface area contributed by atoms with Crippen molar-refractivity contribution in [3.63, 3.8) is 0 Å². The van der Waals surface area contributed by atoms with Gasteiger partial charge in [0.2, 0.25) is 0 Å². The van der Waals surface area contributed by atoms with Gasteiger partial charge in [-0.15, -0.1) is 0 Å². The first-order valence-electron chi connectivity index (χ1n) is 3.61. The van der Waals surface area contributed by atoms with Gasteiger partial charge in [-0.2, -0.15) is 0 Å². The minimum Gasteiger partial charge on any atom is -0.375 e. The van der Waals surface area contributed by atoms with Crippen molar-refractivity contribution in [2.75, 3.05) is 19.8 Å². The first kappa shape index (κ1) is 11.5. The van der Waals surface area contributed by atoms with E-state index in [9.17, 15) is 4.57 Å². The quantitative estimate of drug-likeness (QED) is 0.349. The van der Waals surface area contributed by atoms with E-state index in [1.54, 1.807) is 7.05 Å². The third-order valence-electron chi connectivity index (χ3n) is 1.27. The van der Waals surface area contributed by atoms with Crippen LogP contribution >= 0.6 is 7.60 Å². The minimum atomic E-state index is -3.82. The molecular formula is C6H15N2O3P. The highest BCUT2D eigenvalue weighted by atomic mass is 31.2. The third-order valence-corrected chi connectivity index (χ3v) is 2.17. The standard InChI is InChI=1S/C6H15N2O3P/c1-6(7-2)8-4-3-5-12(9,10)11/h7-8H,1,3-5H2,2H3,(H2,9,10,11). The van der Waals surface area contributed by atoms with E-state index in [1.165, 1.54) is 0 Å². The minimum absolute atomic E-state index is 0.0863. The first-order valence-corrected chi connectivity index (χ1v) is 5.40. The Balaban J connectivity index is 3.34. The highest BCUT2D eigenvalue weighted by molar-refractivity contribution is 7.51. The molecule has 0 aromatic heterocycles. The third kappa shape index (κ3) is 7.60. The molecule has 5 nitrogen and oxygen atoms in total. The number of nitrogens with one attached hydrogen (secondary N) is 2. The summed E-state index contributed by atoms with van der Waals surface area (Å²) in [5.41, 5.74) is 0. The van der Waals surface area contributed by atoms with Gasteiger partial charge in [-0.05, 0) is 6.42 Å². The summed E-state index contributed by atoms with van der Waals surface area (Å²) in [6.45, 7) is 4.11. The molecule has 4 N–H and O–H groups in total.